The molecule has 4 rings (SSSR count). The van der Waals surface area contributed by atoms with E-state index in [2.05, 4.69) is 12.1 Å². The van der Waals surface area contributed by atoms with E-state index >= 15 is 0 Å². The summed E-state index contributed by atoms with van der Waals surface area (Å²) in [7, 11) is -3.75. The van der Waals surface area contributed by atoms with Crippen molar-refractivity contribution in [3.63, 3.8) is 0 Å². The van der Waals surface area contributed by atoms with Crippen molar-refractivity contribution in [3.05, 3.63) is 64.4 Å². The fourth-order valence-corrected chi connectivity index (χ4v) is 5.61. The van der Waals surface area contributed by atoms with Crippen LogP contribution in [0.4, 0.5) is 4.39 Å². The zero-order chi connectivity index (χ0) is 21.3. The molecule has 0 aromatic heterocycles. The van der Waals surface area contributed by atoms with Crippen LogP contribution in [0, 0.1) is 5.82 Å². The van der Waals surface area contributed by atoms with E-state index in [-0.39, 0.29) is 35.5 Å². The van der Waals surface area contributed by atoms with Crippen molar-refractivity contribution in [1.82, 2.24) is 14.1 Å². The minimum absolute atomic E-state index is 0.0228. The predicted molar refractivity (Wildman–Crippen MR) is 112 cm³/mol. The van der Waals surface area contributed by atoms with Gasteiger partial charge in [-0.2, -0.15) is 4.31 Å². The molecular formula is C21H23ClFN3O3S. The summed E-state index contributed by atoms with van der Waals surface area (Å²) in [6, 6.07) is 11.6. The van der Waals surface area contributed by atoms with Crippen LogP contribution in [-0.2, 0) is 27.8 Å². The monoisotopic (exact) mass is 451 g/mol. The second-order valence-corrected chi connectivity index (χ2v) is 9.94. The highest BCUT2D eigenvalue weighted by molar-refractivity contribution is 7.89. The van der Waals surface area contributed by atoms with Crippen LogP contribution in [0.3, 0.4) is 0 Å². The lowest BCUT2D eigenvalue weighted by Gasteiger charge is -2.35. The predicted octanol–water partition coefficient (Wildman–Crippen LogP) is 2.37. The van der Waals surface area contributed by atoms with E-state index < -0.39 is 15.8 Å². The van der Waals surface area contributed by atoms with Gasteiger partial charge in [0.25, 0.3) is 0 Å². The van der Waals surface area contributed by atoms with Crippen molar-refractivity contribution in [2.75, 3.05) is 39.3 Å². The van der Waals surface area contributed by atoms with E-state index in [1.165, 1.54) is 21.5 Å². The van der Waals surface area contributed by atoms with E-state index in [0.717, 1.165) is 18.6 Å². The number of carbonyl (C=O) groups excluding carboxylic acids is 1. The topological polar surface area (TPSA) is 60.9 Å². The third-order valence-electron chi connectivity index (χ3n) is 5.70. The van der Waals surface area contributed by atoms with Crippen LogP contribution in [0.25, 0.3) is 0 Å². The number of amides is 1. The molecule has 0 N–H and O–H groups in total. The number of carbonyl (C=O) groups is 1. The SMILES string of the molecule is O=C(CN1CCN(S(=O)(=O)c2ccc(F)c(Cl)c2)CC1)N1CCc2ccccc2C1. The normalized spacial score (nSPS) is 18.3. The van der Waals surface area contributed by atoms with Crippen LogP contribution in [0.15, 0.2) is 47.4 Å². The molecule has 0 saturated carbocycles. The van der Waals surface area contributed by atoms with Gasteiger partial charge in [0.05, 0.1) is 16.5 Å². The molecular weight excluding hydrogens is 429 g/mol. The van der Waals surface area contributed by atoms with Crippen molar-refractivity contribution in [2.24, 2.45) is 0 Å². The molecule has 9 heteroatoms. The zero-order valence-electron chi connectivity index (χ0n) is 16.4. The van der Waals surface area contributed by atoms with Crippen molar-refractivity contribution >= 4 is 27.5 Å². The largest absolute Gasteiger partial charge is 0.337 e. The first-order valence-electron chi connectivity index (χ1n) is 9.87. The smallest absolute Gasteiger partial charge is 0.243 e. The molecule has 0 radical (unpaired) electrons. The molecule has 30 heavy (non-hydrogen) atoms. The van der Waals surface area contributed by atoms with Crippen molar-refractivity contribution < 1.29 is 17.6 Å². The first-order chi connectivity index (χ1) is 14.3. The van der Waals surface area contributed by atoms with Crippen molar-refractivity contribution in [3.8, 4) is 0 Å². The highest BCUT2D eigenvalue weighted by Gasteiger charge is 2.30. The van der Waals surface area contributed by atoms with Crippen LogP contribution in [0.1, 0.15) is 11.1 Å². The Hall–Kier alpha value is -2.00. The van der Waals surface area contributed by atoms with Gasteiger partial charge in [-0.3, -0.25) is 9.69 Å². The highest BCUT2D eigenvalue weighted by atomic mass is 35.5. The van der Waals surface area contributed by atoms with E-state index in [1.807, 2.05) is 21.9 Å². The van der Waals surface area contributed by atoms with Gasteiger partial charge < -0.3 is 4.90 Å². The van der Waals surface area contributed by atoms with Crippen LogP contribution in [-0.4, -0.2) is 67.7 Å². The second-order valence-electron chi connectivity index (χ2n) is 7.59. The maximum absolute atomic E-state index is 13.4. The van der Waals surface area contributed by atoms with Crippen molar-refractivity contribution in [1.29, 1.82) is 0 Å². The number of nitrogens with zero attached hydrogens (tertiary/aromatic N) is 3. The van der Waals surface area contributed by atoms with Gasteiger partial charge in [-0.15, -0.1) is 0 Å². The molecule has 2 aliphatic heterocycles. The van der Waals surface area contributed by atoms with Crippen molar-refractivity contribution in [2.45, 2.75) is 17.9 Å². The van der Waals surface area contributed by atoms with Crippen LogP contribution in [0.2, 0.25) is 5.02 Å². The molecule has 0 aliphatic carbocycles. The Bertz CT molecular complexity index is 1060. The van der Waals surface area contributed by atoms with Crippen LogP contribution < -0.4 is 0 Å². The molecule has 2 heterocycles. The number of piperazine rings is 1. The molecule has 160 valence electrons. The molecule has 1 saturated heterocycles. The second kappa shape index (κ2) is 8.63. The Labute approximate surface area is 180 Å². The Balaban J connectivity index is 1.33. The van der Waals surface area contributed by atoms with E-state index in [1.54, 1.807) is 0 Å². The molecule has 1 amide bonds. The number of halogens is 2. The maximum atomic E-state index is 13.4. The first kappa shape index (κ1) is 21.2. The number of hydrogen-bond donors (Lipinski definition) is 0. The molecule has 2 aliphatic rings. The lowest BCUT2D eigenvalue weighted by molar-refractivity contribution is -0.133. The number of hydrogen-bond acceptors (Lipinski definition) is 4. The van der Waals surface area contributed by atoms with Crippen LogP contribution >= 0.6 is 11.6 Å². The van der Waals surface area contributed by atoms with Crippen LogP contribution in [0.5, 0.6) is 0 Å². The minimum Gasteiger partial charge on any atom is -0.337 e. The van der Waals surface area contributed by atoms with Gasteiger partial charge in [0, 0.05) is 39.3 Å². The van der Waals surface area contributed by atoms with Gasteiger partial charge in [0.2, 0.25) is 15.9 Å². The molecule has 1 fully saturated rings. The van der Waals surface area contributed by atoms with Gasteiger partial charge in [-0.25, -0.2) is 12.8 Å². The number of fused-ring (bicyclic) bond motifs is 1. The molecule has 0 atom stereocenters. The summed E-state index contributed by atoms with van der Waals surface area (Å²) in [5, 5.41) is -0.219. The number of benzene rings is 2. The molecule has 0 spiro atoms. The van der Waals surface area contributed by atoms with E-state index in [0.29, 0.717) is 26.2 Å². The summed E-state index contributed by atoms with van der Waals surface area (Å²) in [6.45, 7) is 3.07. The summed E-state index contributed by atoms with van der Waals surface area (Å²) >= 11 is 5.74. The molecule has 6 nitrogen and oxygen atoms in total. The standard InChI is InChI=1S/C21H23ClFN3O3S/c22-19-13-18(5-6-20(19)23)30(28,29)26-11-9-24(10-12-26)15-21(27)25-8-7-16-3-1-2-4-17(16)14-25/h1-6,13H,7-12,14-15H2. The Morgan fingerprint density at radius 2 is 1.70 bits per heavy atom. The fraction of sp³-hybridized carbons (Fsp3) is 0.381. The van der Waals surface area contributed by atoms with Gasteiger partial charge >= 0.3 is 0 Å². The summed E-state index contributed by atoms with van der Waals surface area (Å²) < 4.78 is 40.3. The Kier molecular flexibility index (Phi) is 6.11. The minimum atomic E-state index is -3.75. The Morgan fingerprint density at radius 1 is 1.00 bits per heavy atom. The first-order valence-corrected chi connectivity index (χ1v) is 11.7. The molecule has 2 aromatic carbocycles. The molecule has 0 unspecified atom stereocenters. The van der Waals surface area contributed by atoms with E-state index in [9.17, 15) is 17.6 Å². The third kappa shape index (κ3) is 4.37. The van der Waals surface area contributed by atoms with Gasteiger partial charge in [0.15, 0.2) is 0 Å². The average Bonchev–Trinajstić information content (AvgIpc) is 2.75. The number of sulfonamides is 1. The number of rotatable bonds is 4. The van der Waals surface area contributed by atoms with Gasteiger partial charge in [0.1, 0.15) is 5.82 Å². The lowest BCUT2D eigenvalue weighted by Crippen LogP contribution is -2.51. The van der Waals surface area contributed by atoms with Gasteiger partial charge in [-0.05, 0) is 35.7 Å². The molecule has 2 aromatic rings. The van der Waals surface area contributed by atoms with Gasteiger partial charge in [-0.1, -0.05) is 35.9 Å². The summed E-state index contributed by atoms with van der Waals surface area (Å²) in [5.41, 5.74) is 2.48. The summed E-state index contributed by atoms with van der Waals surface area (Å²) in [4.78, 5) is 16.6. The quantitative estimate of drug-likeness (QED) is 0.716. The zero-order valence-corrected chi connectivity index (χ0v) is 18.0. The highest BCUT2D eigenvalue weighted by Crippen LogP contribution is 2.23. The fourth-order valence-electron chi connectivity index (χ4n) is 3.91. The molecule has 0 bridgehead atoms. The maximum Gasteiger partial charge on any atom is 0.243 e. The Morgan fingerprint density at radius 3 is 2.40 bits per heavy atom. The summed E-state index contributed by atoms with van der Waals surface area (Å²) in [6.07, 6.45) is 0.855. The summed E-state index contributed by atoms with van der Waals surface area (Å²) in [5.74, 6) is -0.592. The van der Waals surface area contributed by atoms with E-state index in [4.69, 9.17) is 11.6 Å². The third-order valence-corrected chi connectivity index (χ3v) is 7.89. The average molecular weight is 452 g/mol. The lowest BCUT2D eigenvalue weighted by atomic mass is 10.00.